The van der Waals surface area contributed by atoms with Gasteiger partial charge in [0.1, 0.15) is 0 Å². The molecule has 23 heavy (non-hydrogen) atoms. The quantitative estimate of drug-likeness (QED) is 0.544. The number of unbranched alkanes of at least 4 members (excludes halogenated alkanes) is 2. The summed E-state index contributed by atoms with van der Waals surface area (Å²) in [5, 5.41) is 3.76. The minimum atomic E-state index is 0.0739. The van der Waals surface area contributed by atoms with E-state index in [1.165, 1.54) is 23.7 Å². The number of nitrogens with zero attached hydrogens (tertiary/aromatic N) is 1. The normalized spacial score (nSPS) is 10.7. The molecule has 0 spiro atoms. The van der Waals surface area contributed by atoms with Gasteiger partial charge in [0.05, 0.1) is 11.4 Å². The Morgan fingerprint density at radius 3 is 2.78 bits per heavy atom. The summed E-state index contributed by atoms with van der Waals surface area (Å²) in [6.45, 7) is 4.95. The van der Waals surface area contributed by atoms with Crippen molar-refractivity contribution in [2.24, 2.45) is 0 Å². The third-order valence-electron chi connectivity index (χ3n) is 3.62. The lowest BCUT2D eigenvalue weighted by Crippen LogP contribution is -2.26. The predicted octanol–water partition coefficient (Wildman–Crippen LogP) is 3.71. The lowest BCUT2D eigenvalue weighted by atomic mass is 10.1. The molecule has 0 aliphatic heterocycles. The Bertz CT molecular complexity index is 610. The van der Waals surface area contributed by atoms with Gasteiger partial charge < -0.3 is 10.3 Å². The molecule has 4 nitrogen and oxygen atoms in total. The minimum Gasteiger partial charge on any atom is -0.355 e. The van der Waals surface area contributed by atoms with E-state index in [1.807, 2.05) is 25.1 Å². The Labute approximate surface area is 142 Å². The molecule has 1 aromatic carbocycles. The molecule has 0 atom stereocenters. The summed E-state index contributed by atoms with van der Waals surface area (Å²) in [5.74, 6) is 0.480. The van der Waals surface area contributed by atoms with E-state index < -0.39 is 0 Å². The molecule has 1 amide bonds. The maximum Gasteiger partial charge on any atom is 0.230 e. The number of rotatable bonds is 9. The number of carbonyl (C=O) groups excluding carboxylic acids is 1. The van der Waals surface area contributed by atoms with Crippen LogP contribution in [0.4, 0.5) is 0 Å². The maximum absolute atomic E-state index is 11.8. The van der Waals surface area contributed by atoms with Crippen molar-refractivity contribution in [2.45, 2.75) is 44.7 Å². The predicted molar refractivity (Wildman–Crippen MR) is 95.8 cm³/mol. The Morgan fingerprint density at radius 1 is 1.26 bits per heavy atom. The number of hydrogen-bond donors (Lipinski definition) is 2. The molecule has 1 aromatic heterocycles. The molecule has 124 valence electrons. The van der Waals surface area contributed by atoms with Crippen molar-refractivity contribution in [1.82, 2.24) is 15.3 Å². The zero-order chi connectivity index (χ0) is 16.5. The molecule has 0 aliphatic carbocycles. The van der Waals surface area contributed by atoms with Crippen molar-refractivity contribution >= 4 is 17.7 Å². The number of benzene rings is 1. The zero-order valence-electron chi connectivity index (χ0n) is 13.9. The van der Waals surface area contributed by atoms with E-state index in [2.05, 4.69) is 34.3 Å². The van der Waals surface area contributed by atoms with Crippen molar-refractivity contribution in [3.05, 3.63) is 47.3 Å². The number of carbonyl (C=O) groups is 1. The first kappa shape index (κ1) is 17.6. The molecule has 0 saturated heterocycles. The second kappa shape index (κ2) is 9.40. The first-order valence-electron chi connectivity index (χ1n) is 8.18. The summed E-state index contributed by atoms with van der Waals surface area (Å²) in [7, 11) is 0. The molecule has 0 radical (unpaired) electrons. The molecule has 1 heterocycles. The van der Waals surface area contributed by atoms with Crippen LogP contribution in [0.1, 0.15) is 43.1 Å². The standard InChI is InChI=1S/C18H25N3OS/c1-3-4-8-11-19-17(22)13-23-18-20-14(2)16(21-18)12-15-9-6-5-7-10-15/h5-7,9-10H,3-4,8,11-13H2,1-2H3,(H,19,22)(H,20,21). The number of amides is 1. The Kier molecular flexibility index (Phi) is 7.20. The fraction of sp³-hybridized carbons (Fsp3) is 0.444. The lowest BCUT2D eigenvalue weighted by Gasteiger charge is -2.03. The van der Waals surface area contributed by atoms with E-state index in [1.54, 1.807) is 0 Å². The highest BCUT2D eigenvalue weighted by atomic mass is 32.2. The SMILES string of the molecule is CCCCCNC(=O)CSc1nc(Cc2ccccc2)c(C)[nH]1. The molecular weight excluding hydrogens is 306 g/mol. The Hall–Kier alpha value is -1.75. The lowest BCUT2D eigenvalue weighted by molar-refractivity contribution is -0.118. The van der Waals surface area contributed by atoms with Crippen LogP contribution in [0, 0.1) is 6.92 Å². The van der Waals surface area contributed by atoms with Crippen molar-refractivity contribution in [2.75, 3.05) is 12.3 Å². The molecular formula is C18H25N3OS. The van der Waals surface area contributed by atoms with Gasteiger partial charge >= 0.3 is 0 Å². The van der Waals surface area contributed by atoms with Crippen LogP contribution in [0.3, 0.4) is 0 Å². The summed E-state index contributed by atoms with van der Waals surface area (Å²) in [6.07, 6.45) is 4.19. The number of thioether (sulfide) groups is 1. The van der Waals surface area contributed by atoms with Crippen LogP contribution >= 0.6 is 11.8 Å². The maximum atomic E-state index is 11.8. The van der Waals surface area contributed by atoms with E-state index in [-0.39, 0.29) is 5.91 Å². The van der Waals surface area contributed by atoms with Gasteiger partial charge in [-0.25, -0.2) is 4.98 Å². The van der Waals surface area contributed by atoms with Crippen LogP contribution in [-0.2, 0) is 11.2 Å². The van der Waals surface area contributed by atoms with Gasteiger partial charge in [0.25, 0.3) is 0 Å². The van der Waals surface area contributed by atoms with Gasteiger partial charge in [-0.1, -0.05) is 61.9 Å². The van der Waals surface area contributed by atoms with E-state index in [4.69, 9.17) is 0 Å². The van der Waals surface area contributed by atoms with Gasteiger partial charge in [0.15, 0.2) is 5.16 Å². The van der Waals surface area contributed by atoms with Crippen molar-refractivity contribution in [3.63, 3.8) is 0 Å². The van der Waals surface area contributed by atoms with Crippen molar-refractivity contribution in [3.8, 4) is 0 Å². The number of aromatic nitrogens is 2. The highest BCUT2D eigenvalue weighted by molar-refractivity contribution is 7.99. The van der Waals surface area contributed by atoms with Crippen molar-refractivity contribution in [1.29, 1.82) is 0 Å². The first-order chi connectivity index (χ1) is 11.2. The number of H-pyrrole nitrogens is 1. The highest BCUT2D eigenvalue weighted by Crippen LogP contribution is 2.18. The smallest absolute Gasteiger partial charge is 0.230 e. The average molecular weight is 331 g/mol. The van der Waals surface area contributed by atoms with E-state index in [0.29, 0.717) is 5.75 Å². The van der Waals surface area contributed by atoms with Crippen LogP contribution in [0.2, 0.25) is 0 Å². The summed E-state index contributed by atoms with van der Waals surface area (Å²) >= 11 is 1.46. The van der Waals surface area contributed by atoms with E-state index in [0.717, 1.165) is 42.4 Å². The van der Waals surface area contributed by atoms with Gasteiger partial charge in [-0.2, -0.15) is 0 Å². The second-order valence-corrected chi connectivity index (χ2v) is 6.59. The molecule has 2 rings (SSSR count). The van der Waals surface area contributed by atoms with Gasteiger partial charge in [-0.05, 0) is 18.9 Å². The topological polar surface area (TPSA) is 57.8 Å². The third-order valence-corrected chi connectivity index (χ3v) is 4.49. The highest BCUT2D eigenvalue weighted by Gasteiger charge is 2.10. The largest absolute Gasteiger partial charge is 0.355 e. The first-order valence-corrected chi connectivity index (χ1v) is 9.16. The number of hydrogen-bond acceptors (Lipinski definition) is 3. The monoisotopic (exact) mass is 331 g/mol. The van der Waals surface area contributed by atoms with Crippen LogP contribution < -0.4 is 5.32 Å². The van der Waals surface area contributed by atoms with Crippen LogP contribution in [0.5, 0.6) is 0 Å². The van der Waals surface area contributed by atoms with Gasteiger partial charge in [0.2, 0.25) is 5.91 Å². The van der Waals surface area contributed by atoms with Gasteiger partial charge in [-0.3, -0.25) is 4.79 Å². The van der Waals surface area contributed by atoms with Crippen LogP contribution in [0.15, 0.2) is 35.5 Å². The van der Waals surface area contributed by atoms with Gasteiger partial charge in [-0.15, -0.1) is 0 Å². The fourth-order valence-electron chi connectivity index (χ4n) is 2.28. The molecule has 2 aromatic rings. The number of imidazole rings is 1. The third kappa shape index (κ3) is 6.10. The second-order valence-electron chi connectivity index (χ2n) is 5.62. The summed E-state index contributed by atoms with van der Waals surface area (Å²) < 4.78 is 0. The Morgan fingerprint density at radius 2 is 2.04 bits per heavy atom. The molecule has 2 N–H and O–H groups in total. The number of aromatic amines is 1. The molecule has 0 unspecified atom stereocenters. The van der Waals surface area contributed by atoms with E-state index in [9.17, 15) is 4.79 Å². The molecule has 5 heteroatoms. The Balaban J connectivity index is 1.80. The van der Waals surface area contributed by atoms with Crippen LogP contribution in [-0.4, -0.2) is 28.2 Å². The van der Waals surface area contributed by atoms with Crippen molar-refractivity contribution < 1.29 is 4.79 Å². The summed E-state index contributed by atoms with van der Waals surface area (Å²) in [5.41, 5.74) is 3.36. The number of aryl methyl sites for hydroxylation is 1. The molecule has 0 bridgehead atoms. The average Bonchev–Trinajstić information content (AvgIpc) is 2.90. The summed E-state index contributed by atoms with van der Waals surface area (Å²) in [6, 6.07) is 10.3. The number of nitrogens with one attached hydrogen (secondary N) is 2. The molecule has 0 aliphatic rings. The fourth-order valence-corrected chi connectivity index (χ4v) is 3.05. The summed E-state index contributed by atoms with van der Waals surface area (Å²) in [4.78, 5) is 19.7. The molecule has 0 saturated carbocycles. The van der Waals surface area contributed by atoms with E-state index >= 15 is 0 Å². The van der Waals surface area contributed by atoms with Crippen LogP contribution in [0.25, 0.3) is 0 Å². The molecule has 0 fully saturated rings. The van der Waals surface area contributed by atoms with Gasteiger partial charge in [0, 0.05) is 18.7 Å². The zero-order valence-corrected chi connectivity index (χ0v) is 14.7. The minimum absolute atomic E-state index is 0.0739.